The van der Waals surface area contributed by atoms with E-state index in [1.54, 1.807) is 0 Å². The van der Waals surface area contributed by atoms with Gasteiger partial charge in [0.25, 0.3) is 0 Å². The number of rotatable bonds is 3. The van der Waals surface area contributed by atoms with E-state index >= 15 is 0 Å². The van der Waals surface area contributed by atoms with E-state index in [2.05, 4.69) is 0 Å². The van der Waals surface area contributed by atoms with Crippen LogP contribution in [0.3, 0.4) is 0 Å². The van der Waals surface area contributed by atoms with Crippen molar-refractivity contribution in [2.75, 3.05) is 7.11 Å². The fraction of sp³-hybridized carbons (Fsp3) is 0.364. The first-order valence-corrected chi connectivity index (χ1v) is 4.88. The number of methoxy groups -OCH3 is 1. The minimum Gasteiger partial charge on any atom is -0.496 e. The molecule has 100 valence electrons. The van der Waals surface area contributed by atoms with E-state index in [1.165, 1.54) is 19.1 Å². The van der Waals surface area contributed by atoms with Crippen molar-refractivity contribution in [2.24, 2.45) is 5.73 Å². The molecule has 3 N–H and O–H groups in total. The lowest BCUT2D eigenvalue weighted by Gasteiger charge is -2.29. The normalized spacial score (nSPS) is 15.0. The number of aliphatic carboxylic acids is 1. The van der Waals surface area contributed by atoms with Gasteiger partial charge in [0.15, 0.2) is 0 Å². The van der Waals surface area contributed by atoms with Crippen LogP contribution < -0.4 is 10.5 Å². The lowest BCUT2D eigenvalue weighted by Crippen LogP contribution is -2.56. The molecule has 4 nitrogen and oxygen atoms in total. The smallest absolute Gasteiger partial charge is 0.421 e. The Hall–Kier alpha value is -1.76. The number of halogens is 3. The summed E-state index contributed by atoms with van der Waals surface area (Å²) in [6, 6.07) is 3.81. The van der Waals surface area contributed by atoms with E-state index in [0.717, 1.165) is 13.2 Å². The Labute approximate surface area is 101 Å². The van der Waals surface area contributed by atoms with Crippen LogP contribution in [0.25, 0.3) is 0 Å². The molecule has 1 unspecified atom stereocenters. The van der Waals surface area contributed by atoms with Gasteiger partial charge in [-0.3, -0.25) is 0 Å². The lowest BCUT2D eigenvalue weighted by molar-refractivity contribution is -0.205. The van der Waals surface area contributed by atoms with Crippen molar-refractivity contribution >= 4 is 5.97 Å². The average Bonchev–Trinajstić information content (AvgIpc) is 2.26. The molecule has 0 fully saturated rings. The number of carboxylic acid groups (broad SMARTS) is 1. The topological polar surface area (TPSA) is 72.5 Å². The summed E-state index contributed by atoms with van der Waals surface area (Å²) < 4.78 is 43.5. The van der Waals surface area contributed by atoms with E-state index < -0.39 is 23.2 Å². The van der Waals surface area contributed by atoms with E-state index in [0.29, 0.717) is 5.56 Å². The molecule has 0 saturated heterocycles. The Morgan fingerprint density at radius 3 is 2.33 bits per heavy atom. The molecule has 1 aromatic rings. The average molecular weight is 263 g/mol. The van der Waals surface area contributed by atoms with Crippen molar-refractivity contribution in [3.8, 4) is 5.75 Å². The number of benzene rings is 1. The SMILES string of the molecule is COc1ccc(C)cc1C(N)(C(=O)O)C(F)(F)F. The largest absolute Gasteiger partial charge is 0.496 e. The van der Waals surface area contributed by atoms with Crippen molar-refractivity contribution in [3.05, 3.63) is 29.3 Å². The molecule has 1 aromatic carbocycles. The summed E-state index contributed by atoms with van der Waals surface area (Å²) in [5.41, 5.74) is 1.41. The van der Waals surface area contributed by atoms with Gasteiger partial charge in [-0.2, -0.15) is 13.2 Å². The monoisotopic (exact) mass is 263 g/mol. The minimum absolute atomic E-state index is 0.220. The first-order chi connectivity index (χ1) is 8.14. The highest BCUT2D eigenvalue weighted by molar-refractivity contribution is 5.83. The van der Waals surface area contributed by atoms with Crippen LogP contribution in [0.1, 0.15) is 11.1 Å². The molecule has 18 heavy (non-hydrogen) atoms. The second-order valence-electron chi connectivity index (χ2n) is 3.81. The van der Waals surface area contributed by atoms with Crippen LogP contribution in [0.2, 0.25) is 0 Å². The third-order valence-electron chi connectivity index (χ3n) is 2.56. The van der Waals surface area contributed by atoms with Crippen LogP contribution in [-0.2, 0) is 10.3 Å². The van der Waals surface area contributed by atoms with Gasteiger partial charge < -0.3 is 15.6 Å². The highest BCUT2D eigenvalue weighted by Crippen LogP contribution is 2.41. The summed E-state index contributed by atoms with van der Waals surface area (Å²) in [7, 11) is 1.15. The molecule has 0 aliphatic carbocycles. The lowest BCUT2D eigenvalue weighted by atomic mass is 9.88. The first-order valence-electron chi connectivity index (χ1n) is 4.88. The summed E-state index contributed by atoms with van der Waals surface area (Å²) in [4.78, 5) is 10.9. The fourth-order valence-electron chi connectivity index (χ4n) is 1.52. The van der Waals surface area contributed by atoms with Gasteiger partial charge >= 0.3 is 12.1 Å². The van der Waals surface area contributed by atoms with E-state index in [4.69, 9.17) is 15.6 Å². The predicted octanol–water partition coefficient (Wildman–Crippen LogP) is 1.80. The van der Waals surface area contributed by atoms with Crippen LogP contribution >= 0.6 is 0 Å². The molecule has 0 heterocycles. The van der Waals surface area contributed by atoms with Crippen LogP contribution in [-0.4, -0.2) is 24.4 Å². The molecule has 0 spiro atoms. The Balaban J connectivity index is 3.58. The molecule has 7 heteroatoms. The number of nitrogens with two attached hydrogens (primary N) is 1. The van der Waals surface area contributed by atoms with Crippen molar-refractivity contribution in [1.82, 2.24) is 0 Å². The van der Waals surface area contributed by atoms with Crippen molar-refractivity contribution in [1.29, 1.82) is 0 Å². The highest BCUT2D eigenvalue weighted by atomic mass is 19.4. The van der Waals surface area contributed by atoms with Crippen LogP contribution in [0.5, 0.6) is 5.75 Å². The molecular formula is C11H12F3NO3. The zero-order valence-corrected chi connectivity index (χ0v) is 9.71. The van der Waals surface area contributed by atoms with Crippen molar-refractivity contribution in [2.45, 2.75) is 18.6 Å². The number of alkyl halides is 3. The minimum atomic E-state index is -5.14. The van der Waals surface area contributed by atoms with Gasteiger partial charge in [0.2, 0.25) is 5.54 Å². The van der Waals surface area contributed by atoms with Crippen LogP contribution in [0.15, 0.2) is 18.2 Å². The number of ether oxygens (including phenoxy) is 1. The molecule has 0 amide bonds. The second-order valence-corrected chi connectivity index (χ2v) is 3.81. The van der Waals surface area contributed by atoms with E-state index in [-0.39, 0.29) is 5.75 Å². The Morgan fingerprint density at radius 2 is 1.94 bits per heavy atom. The molecule has 0 aliphatic heterocycles. The Bertz CT molecular complexity index is 473. The number of aryl methyl sites for hydroxylation is 1. The number of carbonyl (C=O) groups is 1. The summed E-state index contributed by atoms with van der Waals surface area (Å²) in [5.74, 6) is -2.40. The molecule has 0 saturated carbocycles. The molecule has 0 aliphatic rings. The maximum Gasteiger partial charge on any atom is 0.421 e. The quantitative estimate of drug-likeness (QED) is 0.872. The summed E-state index contributed by atoms with van der Waals surface area (Å²) in [6.07, 6.45) is -5.14. The molecule has 1 atom stereocenters. The van der Waals surface area contributed by atoms with Gasteiger partial charge in [-0.05, 0) is 19.1 Å². The number of hydrogen-bond acceptors (Lipinski definition) is 3. The molecule has 0 aromatic heterocycles. The molecule has 1 rings (SSSR count). The van der Waals surface area contributed by atoms with Gasteiger partial charge in [0, 0.05) is 5.56 Å². The summed E-state index contributed by atoms with van der Waals surface area (Å²) in [5, 5.41) is 8.83. The van der Waals surface area contributed by atoms with E-state index in [9.17, 15) is 18.0 Å². The maximum atomic E-state index is 12.9. The van der Waals surface area contributed by atoms with Crippen LogP contribution in [0.4, 0.5) is 13.2 Å². The summed E-state index contributed by atoms with van der Waals surface area (Å²) >= 11 is 0. The zero-order chi connectivity index (χ0) is 14.1. The van der Waals surface area contributed by atoms with Crippen molar-refractivity contribution < 1.29 is 27.8 Å². The fourth-order valence-corrected chi connectivity index (χ4v) is 1.52. The first kappa shape index (κ1) is 14.3. The van der Waals surface area contributed by atoms with Gasteiger partial charge in [0.1, 0.15) is 5.75 Å². The van der Waals surface area contributed by atoms with Crippen LogP contribution in [0, 0.1) is 6.92 Å². The standard InChI is InChI=1S/C11H12F3NO3/c1-6-3-4-8(18-2)7(5-6)10(15,9(16)17)11(12,13)14/h3-5H,15H2,1-2H3,(H,16,17). The molecular weight excluding hydrogens is 251 g/mol. The predicted molar refractivity (Wildman–Crippen MR) is 57.3 cm³/mol. The second kappa shape index (κ2) is 4.49. The Morgan fingerprint density at radius 1 is 1.39 bits per heavy atom. The zero-order valence-electron chi connectivity index (χ0n) is 9.71. The number of hydrogen-bond donors (Lipinski definition) is 2. The van der Waals surface area contributed by atoms with Gasteiger partial charge in [-0.1, -0.05) is 11.6 Å². The van der Waals surface area contributed by atoms with Gasteiger partial charge in [0.05, 0.1) is 7.11 Å². The highest BCUT2D eigenvalue weighted by Gasteiger charge is 2.60. The third kappa shape index (κ3) is 2.13. The Kier molecular flexibility index (Phi) is 3.57. The maximum absolute atomic E-state index is 12.9. The third-order valence-corrected chi connectivity index (χ3v) is 2.56. The van der Waals surface area contributed by atoms with E-state index in [1.807, 2.05) is 0 Å². The van der Waals surface area contributed by atoms with Gasteiger partial charge in [-0.25, -0.2) is 4.79 Å². The number of carboxylic acids is 1. The molecule has 0 bridgehead atoms. The van der Waals surface area contributed by atoms with Gasteiger partial charge in [-0.15, -0.1) is 0 Å². The molecule has 0 radical (unpaired) electrons. The van der Waals surface area contributed by atoms with Crippen molar-refractivity contribution in [3.63, 3.8) is 0 Å². The summed E-state index contributed by atoms with van der Waals surface area (Å²) in [6.45, 7) is 1.53.